The van der Waals surface area contributed by atoms with Crippen molar-refractivity contribution in [3.05, 3.63) is 84.2 Å². The average molecular weight is 833 g/mol. The maximum absolute atomic E-state index is 14.5. The van der Waals surface area contributed by atoms with Crippen LogP contribution in [0, 0.1) is 23.7 Å². The third-order valence-electron chi connectivity index (χ3n) is 10.5. The quantitative estimate of drug-likeness (QED) is 0.0828. The van der Waals surface area contributed by atoms with Crippen molar-refractivity contribution in [3.8, 4) is 0 Å². The van der Waals surface area contributed by atoms with Gasteiger partial charge in [0.05, 0.1) is 30.7 Å². The minimum absolute atomic E-state index is 0.00287. The predicted octanol–water partition coefficient (Wildman–Crippen LogP) is 4.71. The fourth-order valence-corrected chi connectivity index (χ4v) is 6.87. The summed E-state index contributed by atoms with van der Waals surface area (Å²) in [5.41, 5.74) is 1.26. The van der Waals surface area contributed by atoms with Gasteiger partial charge in [-0.05, 0) is 69.1 Å². The number of amides is 5. The van der Waals surface area contributed by atoms with Gasteiger partial charge in [0.15, 0.2) is 0 Å². The number of nitrogens with one attached hydrogen (secondary N) is 5. The number of pyridine rings is 1. The highest BCUT2D eigenvalue weighted by Gasteiger charge is 2.37. The molecule has 2 aromatic heterocycles. The molecule has 3 rings (SSSR count). The first-order chi connectivity index (χ1) is 28.3. The van der Waals surface area contributed by atoms with E-state index in [1.807, 2.05) is 84.0 Å². The lowest BCUT2D eigenvalue weighted by Crippen LogP contribution is -2.58. The van der Waals surface area contributed by atoms with Crippen LogP contribution in [0.4, 0.5) is 4.79 Å². The van der Waals surface area contributed by atoms with E-state index in [4.69, 9.17) is 4.74 Å². The molecule has 0 aliphatic rings. The second-order valence-corrected chi connectivity index (χ2v) is 17.4. The number of carbonyl (C=O) groups is 5. The van der Waals surface area contributed by atoms with E-state index >= 15 is 0 Å². The fraction of sp³-hybridized carbons (Fsp3) is 0.578. The molecular formula is C45H68N8O7. The summed E-state index contributed by atoms with van der Waals surface area (Å²) >= 11 is 0. The summed E-state index contributed by atoms with van der Waals surface area (Å²) in [5.74, 6) is -2.83. The van der Waals surface area contributed by atoms with Crippen LogP contribution in [0.5, 0.6) is 0 Å². The Bertz CT molecular complexity index is 1780. The molecule has 7 atom stereocenters. The van der Waals surface area contributed by atoms with Gasteiger partial charge < -0.3 is 41.0 Å². The van der Waals surface area contributed by atoms with Gasteiger partial charge in [0.2, 0.25) is 23.6 Å². The van der Waals surface area contributed by atoms with Gasteiger partial charge >= 0.3 is 6.09 Å². The lowest BCUT2D eigenvalue weighted by molar-refractivity contribution is -0.141. The summed E-state index contributed by atoms with van der Waals surface area (Å²) in [6.45, 7) is 16.9. The van der Waals surface area contributed by atoms with Gasteiger partial charge in [-0.3, -0.25) is 24.2 Å². The standard InChI is InChI=1S/C45H68N8O7/c1-11-30(6)39(42(57)48-26-32-19-15-16-20-47-32)52-40(55)34(29(4)5)24-38(54)35(21-28(2)3)50-41(56)37(23-33-25-46-27-49-33)53(10)43(58)36(22-31-17-13-12-14-18-31)51-44(59)60-45(7,8)9/h12-20,25,27-30,34-39,54H,11,21-24,26H2,1-10H3,(H,46,49)(H,48,57)(H,50,56)(H,51,59)(H,52,55). The molecule has 0 radical (unpaired) electrons. The molecule has 330 valence electrons. The van der Waals surface area contributed by atoms with Crippen molar-refractivity contribution in [1.82, 2.24) is 41.1 Å². The Hall–Kier alpha value is -5.31. The minimum Gasteiger partial charge on any atom is -0.444 e. The number of aromatic nitrogens is 3. The van der Waals surface area contributed by atoms with Gasteiger partial charge in [-0.25, -0.2) is 9.78 Å². The largest absolute Gasteiger partial charge is 0.444 e. The van der Waals surface area contributed by atoms with E-state index in [0.29, 0.717) is 24.2 Å². The van der Waals surface area contributed by atoms with Crippen LogP contribution in [0.2, 0.25) is 0 Å². The highest BCUT2D eigenvalue weighted by atomic mass is 16.6. The highest BCUT2D eigenvalue weighted by molar-refractivity contribution is 5.92. The van der Waals surface area contributed by atoms with E-state index in [2.05, 4.69) is 36.2 Å². The number of H-pyrrole nitrogens is 1. The molecule has 6 N–H and O–H groups in total. The van der Waals surface area contributed by atoms with Gasteiger partial charge in [-0.1, -0.05) is 84.4 Å². The summed E-state index contributed by atoms with van der Waals surface area (Å²) in [7, 11) is 1.50. The number of imidazole rings is 1. The molecule has 0 spiro atoms. The smallest absolute Gasteiger partial charge is 0.408 e. The number of hydrogen-bond acceptors (Lipinski definition) is 9. The Labute approximate surface area is 355 Å². The molecule has 0 bridgehead atoms. The maximum Gasteiger partial charge on any atom is 0.408 e. The zero-order valence-electron chi connectivity index (χ0n) is 37.0. The van der Waals surface area contributed by atoms with Crippen molar-refractivity contribution in [2.24, 2.45) is 23.7 Å². The Morgan fingerprint density at radius 3 is 2.12 bits per heavy atom. The Kier molecular flexibility index (Phi) is 19.2. The average Bonchev–Trinajstić information content (AvgIpc) is 3.71. The molecule has 2 heterocycles. The number of aliphatic hydroxyl groups is 1. The first-order valence-corrected chi connectivity index (χ1v) is 21.0. The van der Waals surface area contributed by atoms with Crippen molar-refractivity contribution in [2.45, 2.75) is 137 Å². The number of ether oxygens (including phenoxy) is 1. The van der Waals surface area contributed by atoms with Crippen LogP contribution in [-0.2, 0) is 43.3 Å². The zero-order chi connectivity index (χ0) is 44.6. The van der Waals surface area contributed by atoms with E-state index in [1.54, 1.807) is 39.2 Å². The third kappa shape index (κ3) is 16.0. The monoisotopic (exact) mass is 833 g/mol. The molecule has 0 fully saturated rings. The molecule has 7 unspecified atom stereocenters. The van der Waals surface area contributed by atoms with Crippen LogP contribution < -0.4 is 21.3 Å². The topological polar surface area (TPSA) is 208 Å². The first-order valence-electron chi connectivity index (χ1n) is 21.0. The summed E-state index contributed by atoms with van der Waals surface area (Å²) in [6.07, 6.45) is 3.96. The number of carbonyl (C=O) groups excluding carboxylic acids is 5. The Morgan fingerprint density at radius 1 is 0.867 bits per heavy atom. The van der Waals surface area contributed by atoms with Gasteiger partial charge in [-0.2, -0.15) is 0 Å². The molecule has 0 aliphatic carbocycles. The molecule has 0 saturated carbocycles. The number of hydrogen-bond donors (Lipinski definition) is 6. The van der Waals surface area contributed by atoms with Crippen molar-refractivity contribution in [3.63, 3.8) is 0 Å². The SMILES string of the molecule is CCC(C)C(NC(=O)C(CC(O)C(CC(C)C)NC(=O)C(Cc1cnc[nH]1)N(C)C(=O)C(Cc1ccccc1)NC(=O)OC(C)(C)C)C(C)C)C(=O)NCc1ccccn1. The van der Waals surface area contributed by atoms with Crippen molar-refractivity contribution in [1.29, 1.82) is 0 Å². The molecule has 15 heteroatoms. The predicted molar refractivity (Wildman–Crippen MR) is 230 cm³/mol. The molecule has 60 heavy (non-hydrogen) atoms. The maximum atomic E-state index is 14.5. The van der Waals surface area contributed by atoms with Gasteiger partial charge in [-0.15, -0.1) is 0 Å². The molecule has 0 aliphatic heterocycles. The van der Waals surface area contributed by atoms with E-state index < -0.39 is 59.7 Å². The number of likely N-dealkylation sites (N-methyl/N-ethyl adjacent to an activating group) is 1. The van der Waals surface area contributed by atoms with Crippen LogP contribution in [0.1, 0.15) is 98.5 Å². The number of benzene rings is 1. The van der Waals surface area contributed by atoms with Crippen LogP contribution >= 0.6 is 0 Å². The fourth-order valence-electron chi connectivity index (χ4n) is 6.87. The summed E-state index contributed by atoms with van der Waals surface area (Å²) in [4.78, 5) is 81.9. The second-order valence-electron chi connectivity index (χ2n) is 17.4. The lowest BCUT2D eigenvalue weighted by Gasteiger charge is -2.34. The number of aliphatic hydroxyl groups excluding tert-OH is 1. The van der Waals surface area contributed by atoms with E-state index in [0.717, 1.165) is 5.56 Å². The second kappa shape index (κ2) is 23.5. The normalized spacial score (nSPS) is 15.2. The molecule has 5 amide bonds. The van der Waals surface area contributed by atoms with E-state index in [-0.39, 0.29) is 55.4 Å². The summed E-state index contributed by atoms with van der Waals surface area (Å²) in [5, 5.41) is 23.5. The van der Waals surface area contributed by atoms with Crippen molar-refractivity contribution < 1.29 is 33.8 Å². The number of aromatic amines is 1. The number of rotatable bonds is 22. The van der Waals surface area contributed by atoms with Crippen LogP contribution in [0.25, 0.3) is 0 Å². The van der Waals surface area contributed by atoms with Crippen LogP contribution in [0.3, 0.4) is 0 Å². The lowest BCUT2D eigenvalue weighted by atomic mass is 9.85. The molecule has 1 aromatic carbocycles. The van der Waals surface area contributed by atoms with E-state index in [1.165, 1.54) is 18.3 Å². The number of alkyl carbamates (subject to hydrolysis) is 1. The molecular weight excluding hydrogens is 765 g/mol. The van der Waals surface area contributed by atoms with Crippen LogP contribution in [0.15, 0.2) is 67.3 Å². The van der Waals surface area contributed by atoms with E-state index in [9.17, 15) is 29.1 Å². The minimum atomic E-state index is -1.16. The number of nitrogens with zero attached hydrogens (tertiary/aromatic N) is 3. The zero-order valence-corrected chi connectivity index (χ0v) is 37.0. The Morgan fingerprint density at radius 2 is 1.55 bits per heavy atom. The van der Waals surface area contributed by atoms with Gasteiger partial charge in [0, 0.05) is 43.9 Å². The third-order valence-corrected chi connectivity index (χ3v) is 10.5. The van der Waals surface area contributed by atoms with Crippen molar-refractivity contribution in [2.75, 3.05) is 7.05 Å². The van der Waals surface area contributed by atoms with Crippen molar-refractivity contribution >= 4 is 29.7 Å². The van der Waals surface area contributed by atoms with Gasteiger partial charge in [0.1, 0.15) is 23.7 Å². The molecule has 3 aromatic rings. The summed E-state index contributed by atoms with van der Waals surface area (Å²) < 4.78 is 5.50. The van der Waals surface area contributed by atoms with Gasteiger partial charge in [0.25, 0.3) is 0 Å². The highest BCUT2D eigenvalue weighted by Crippen LogP contribution is 2.23. The first kappa shape index (κ1) is 49.1. The molecule has 15 nitrogen and oxygen atoms in total. The summed E-state index contributed by atoms with van der Waals surface area (Å²) in [6, 6.07) is 10.9. The van der Waals surface area contributed by atoms with Crippen LogP contribution in [-0.4, -0.2) is 97.6 Å². The Balaban J connectivity index is 1.86. The molecule has 0 saturated heterocycles.